The van der Waals surface area contributed by atoms with Crippen LogP contribution in [0.15, 0.2) is 72.8 Å². The molecule has 5 heteroatoms. The van der Waals surface area contributed by atoms with E-state index in [-0.39, 0.29) is 12.0 Å². The number of carbonyl (C=O) groups is 2. The largest absolute Gasteiger partial charge is 0.469 e. The zero-order valence-corrected chi connectivity index (χ0v) is 18.1. The van der Waals surface area contributed by atoms with Crippen LogP contribution in [0.1, 0.15) is 31.9 Å². The number of methoxy groups -OCH3 is 1. The molecule has 2 atom stereocenters. The smallest absolute Gasteiger partial charge is 0.408 e. The second kappa shape index (κ2) is 11.2. The van der Waals surface area contributed by atoms with Crippen LogP contribution >= 0.6 is 0 Å². The second-order valence-electron chi connectivity index (χ2n) is 8.15. The molecule has 0 aromatic heterocycles. The number of carbonyl (C=O) groups excluding carboxylic acids is 2. The lowest BCUT2D eigenvalue weighted by Gasteiger charge is -2.22. The van der Waals surface area contributed by atoms with Gasteiger partial charge in [-0.1, -0.05) is 72.8 Å². The van der Waals surface area contributed by atoms with E-state index in [0.29, 0.717) is 12.8 Å². The molecule has 0 bridgehead atoms. The van der Waals surface area contributed by atoms with Gasteiger partial charge in [-0.3, -0.25) is 4.79 Å². The van der Waals surface area contributed by atoms with Gasteiger partial charge in [0, 0.05) is 0 Å². The van der Waals surface area contributed by atoms with Crippen molar-refractivity contribution in [3.05, 3.63) is 83.9 Å². The van der Waals surface area contributed by atoms with Gasteiger partial charge < -0.3 is 14.8 Å². The third-order valence-corrected chi connectivity index (χ3v) is 4.38. The summed E-state index contributed by atoms with van der Waals surface area (Å²) in [5.41, 5.74) is 1.52. The zero-order valence-electron chi connectivity index (χ0n) is 18.1. The molecular weight excluding hydrogens is 378 g/mol. The molecule has 5 nitrogen and oxygen atoms in total. The highest BCUT2D eigenvalue weighted by atomic mass is 16.6. The maximum atomic E-state index is 12.3. The fourth-order valence-electron chi connectivity index (χ4n) is 3.01. The average molecular weight is 410 g/mol. The van der Waals surface area contributed by atoms with Gasteiger partial charge in [0.1, 0.15) is 5.60 Å². The Balaban J connectivity index is 2.18. The average Bonchev–Trinajstić information content (AvgIpc) is 2.70. The van der Waals surface area contributed by atoms with Crippen molar-refractivity contribution in [1.82, 2.24) is 5.32 Å². The van der Waals surface area contributed by atoms with Crippen molar-refractivity contribution in [1.29, 1.82) is 0 Å². The summed E-state index contributed by atoms with van der Waals surface area (Å²) >= 11 is 0. The van der Waals surface area contributed by atoms with Gasteiger partial charge in [0.2, 0.25) is 0 Å². The van der Waals surface area contributed by atoms with Gasteiger partial charge in [-0.15, -0.1) is 0 Å². The van der Waals surface area contributed by atoms with E-state index in [4.69, 9.17) is 9.47 Å². The van der Waals surface area contributed by atoms with Crippen LogP contribution in [0.4, 0.5) is 4.79 Å². The van der Waals surface area contributed by atoms with E-state index in [1.165, 1.54) is 7.11 Å². The van der Waals surface area contributed by atoms with Crippen molar-refractivity contribution in [3.63, 3.8) is 0 Å². The molecular formula is C25H31NO4. The predicted molar refractivity (Wildman–Crippen MR) is 118 cm³/mol. The van der Waals surface area contributed by atoms with Crippen LogP contribution in [0, 0.1) is 5.92 Å². The van der Waals surface area contributed by atoms with E-state index in [2.05, 4.69) is 5.32 Å². The molecule has 0 aliphatic heterocycles. The predicted octanol–water partition coefficient (Wildman–Crippen LogP) is 4.71. The van der Waals surface area contributed by atoms with Crippen LogP contribution in [0.2, 0.25) is 0 Å². The summed E-state index contributed by atoms with van der Waals surface area (Å²) in [5, 5.41) is 2.90. The van der Waals surface area contributed by atoms with E-state index in [1.54, 1.807) is 0 Å². The minimum atomic E-state index is -0.590. The molecule has 30 heavy (non-hydrogen) atoms. The summed E-state index contributed by atoms with van der Waals surface area (Å²) in [7, 11) is 1.38. The number of rotatable bonds is 8. The second-order valence-corrected chi connectivity index (χ2v) is 8.15. The Morgan fingerprint density at radius 2 is 1.43 bits per heavy atom. The normalized spacial score (nSPS) is 13.5. The molecule has 0 saturated carbocycles. The van der Waals surface area contributed by atoms with Gasteiger partial charge in [0.15, 0.2) is 0 Å². The first-order chi connectivity index (χ1) is 14.3. The molecule has 0 radical (unpaired) electrons. The Hall–Kier alpha value is -3.08. The van der Waals surface area contributed by atoms with Crippen LogP contribution in [-0.4, -0.2) is 30.8 Å². The number of amides is 1. The first kappa shape index (κ1) is 23.2. The fourth-order valence-corrected chi connectivity index (χ4v) is 3.01. The molecule has 1 N–H and O–H groups in total. The number of ether oxygens (including phenoxy) is 2. The number of benzene rings is 2. The Morgan fingerprint density at radius 3 is 1.93 bits per heavy atom. The standard InChI is InChI=1S/C25H31NO4/c1-25(2,3)30-24(28)26-22(18-20-13-9-6-10-14-20)16-15-21(23(27)29-4)17-19-11-7-5-8-12-19/h5-16,21-22H,17-18H2,1-4H3,(H,26,28)/b16-15+/t21-,22-/m1/s1. The van der Waals surface area contributed by atoms with Crippen molar-refractivity contribution < 1.29 is 19.1 Å². The molecule has 2 aromatic carbocycles. The topological polar surface area (TPSA) is 64.6 Å². The molecule has 2 aromatic rings. The zero-order chi connectivity index (χ0) is 22.0. The van der Waals surface area contributed by atoms with Gasteiger partial charge in [-0.25, -0.2) is 4.79 Å². The van der Waals surface area contributed by atoms with Gasteiger partial charge in [-0.05, 0) is 44.7 Å². The number of hydrogen-bond acceptors (Lipinski definition) is 4. The van der Waals surface area contributed by atoms with Crippen molar-refractivity contribution >= 4 is 12.1 Å². The van der Waals surface area contributed by atoms with Crippen molar-refractivity contribution in [3.8, 4) is 0 Å². The molecule has 1 amide bonds. The van der Waals surface area contributed by atoms with E-state index < -0.39 is 17.6 Å². The summed E-state index contributed by atoms with van der Waals surface area (Å²) in [4.78, 5) is 24.6. The van der Waals surface area contributed by atoms with Gasteiger partial charge in [0.25, 0.3) is 0 Å². The van der Waals surface area contributed by atoms with Crippen LogP contribution in [0.25, 0.3) is 0 Å². The van der Waals surface area contributed by atoms with Gasteiger partial charge >= 0.3 is 12.1 Å². The molecule has 0 aliphatic carbocycles. The summed E-state index contributed by atoms with van der Waals surface area (Å²) in [6.07, 6.45) is 4.26. The van der Waals surface area contributed by atoms with Crippen LogP contribution in [0.3, 0.4) is 0 Å². The Morgan fingerprint density at radius 1 is 0.900 bits per heavy atom. The monoisotopic (exact) mass is 409 g/mol. The Kier molecular flexibility index (Phi) is 8.66. The van der Waals surface area contributed by atoms with Crippen molar-refractivity contribution in [2.24, 2.45) is 5.92 Å². The first-order valence-electron chi connectivity index (χ1n) is 10.1. The molecule has 0 fully saturated rings. The summed E-state index contributed by atoms with van der Waals surface area (Å²) < 4.78 is 10.4. The SMILES string of the molecule is COC(=O)[C@H](/C=C/[C@H](Cc1ccccc1)NC(=O)OC(C)(C)C)Cc1ccccc1. The molecule has 0 aliphatic rings. The maximum Gasteiger partial charge on any atom is 0.408 e. The number of esters is 1. The molecule has 2 rings (SSSR count). The third-order valence-electron chi connectivity index (χ3n) is 4.38. The third kappa shape index (κ3) is 8.52. The summed E-state index contributed by atoms with van der Waals surface area (Å²) in [6, 6.07) is 19.3. The molecule has 0 heterocycles. The van der Waals surface area contributed by atoms with E-state index >= 15 is 0 Å². The minimum absolute atomic E-state index is 0.314. The van der Waals surface area contributed by atoms with E-state index in [9.17, 15) is 9.59 Å². The molecule has 160 valence electrons. The summed E-state index contributed by atoms with van der Waals surface area (Å²) in [5.74, 6) is -0.762. The number of nitrogens with one attached hydrogen (secondary N) is 1. The van der Waals surface area contributed by atoms with Crippen molar-refractivity contribution in [2.75, 3.05) is 7.11 Å². The fraction of sp³-hybridized carbons (Fsp3) is 0.360. The van der Waals surface area contributed by atoms with Crippen LogP contribution in [-0.2, 0) is 27.1 Å². The Bertz CT molecular complexity index is 825. The molecule has 0 spiro atoms. The van der Waals surface area contributed by atoms with Crippen molar-refractivity contribution in [2.45, 2.75) is 45.3 Å². The minimum Gasteiger partial charge on any atom is -0.469 e. The Labute approximate surface area is 179 Å². The molecule has 0 unspecified atom stereocenters. The van der Waals surface area contributed by atoms with E-state index in [0.717, 1.165) is 11.1 Å². The highest BCUT2D eigenvalue weighted by Gasteiger charge is 2.21. The van der Waals surface area contributed by atoms with Crippen LogP contribution in [0.5, 0.6) is 0 Å². The maximum absolute atomic E-state index is 12.3. The van der Waals surface area contributed by atoms with Gasteiger partial charge in [-0.2, -0.15) is 0 Å². The lowest BCUT2D eigenvalue weighted by Crippen LogP contribution is -2.39. The molecule has 0 saturated heterocycles. The highest BCUT2D eigenvalue weighted by molar-refractivity contribution is 5.75. The van der Waals surface area contributed by atoms with E-state index in [1.807, 2.05) is 93.6 Å². The number of hydrogen-bond donors (Lipinski definition) is 1. The number of alkyl carbamates (subject to hydrolysis) is 1. The quantitative estimate of drug-likeness (QED) is 0.507. The highest BCUT2D eigenvalue weighted by Crippen LogP contribution is 2.14. The lowest BCUT2D eigenvalue weighted by atomic mass is 9.97. The van der Waals surface area contributed by atoms with Crippen LogP contribution < -0.4 is 5.32 Å². The summed E-state index contributed by atoms with van der Waals surface area (Å²) in [6.45, 7) is 5.46. The van der Waals surface area contributed by atoms with Gasteiger partial charge in [0.05, 0.1) is 19.1 Å². The lowest BCUT2D eigenvalue weighted by molar-refractivity contribution is -0.143. The first-order valence-corrected chi connectivity index (χ1v) is 10.1.